The molecule has 8 heterocycles. The number of nitrogens with zero attached hydrogens (tertiary/aromatic N) is 6. The minimum Gasteiger partial charge on any atom is -0.490 e. The van der Waals surface area contributed by atoms with Crippen LogP contribution in [0.25, 0.3) is 21.5 Å². The number of carbonyl (C=O) groups excluding carboxylic acids is 8. The first-order valence-electron chi connectivity index (χ1n) is 37.9. The molecule has 14 rings (SSSR count). The number of aliphatic carboxylic acids is 1. The number of ether oxygens (including phenoxy) is 2. The van der Waals surface area contributed by atoms with Gasteiger partial charge in [-0.25, -0.2) is 14.6 Å². The van der Waals surface area contributed by atoms with Gasteiger partial charge in [-0.1, -0.05) is 168 Å². The van der Waals surface area contributed by atoms with Gasteiger partial charge in [0.2, 0.25) is 41.3 Å². The molecule has 12 atom stereocenters. The predicted molar refractivity (Wildman–Crippen MR) is 416 cm³/mol. The Kier molecular flexibility index (Phi) is 26.0. The third-order valence-corrected chi connectivity index (χ3v) is 21.4. The monoisotopic (exact) mass is 1520 g/mol. The van der Waals surface area contributed by atoms with E-state index in [-0.39, 0.29) is 83.1 Å². The number of aromatic amines is 1. The number of rotatable bonds is 14. The molecule has 6 amide bonds. The summed E-state index contributed by atoms with van der Waals surface area (Å²) in [7, 11) is 3.26. The zero-order chi connectivity index (χ0) is 79.4. The minimum atomic E-state index is -1.24. The highest BCUT2D eigenvalue weighted by atomic mass is 16.5. The molecule has 2 saturated heterocycles. The van der Waals surface area contributed by atoms with Crippen LogP contribution < -0.4 is 47.1 Å². The van der Waals surface area contributed by atoms with Gasteiger partial charge in [-0.15, -0.1) is 10.2 Å². The highest BCUT2D eigenvalue weighted by Crippen LogP contribution is 2.35. The molecule has 586 valence electrons. The van der Waals surface area contributed by atoms with Crippen LogP contribution in [-0.4, -0.2) is 175 Å². The first kappa shape index (κ1) is 80.8. The van der Waals surface area contributed by atoms with Gasteiger partial charge in [0.25, 0.3) is 0 Å². The number of hydrogen-bond acceptors (Lipinski definition) is 18. The minimum absolute atomic E-state index is 0.00606. The van der Waals surface area contributed by atoms with E-state index in [1.54, 1.807) is 75.2 Å². The number of amides is 6. The van der Waals surface area contributed by atoms with E-state index in [0.717, 1.165) is 32.7 Å². The summed E-state index contributed by atoms with van der Waals surface area (Å²) in [4.78, 5) is 148. The van der Waals surface area contributed by atoms with Crippen molar-refractivity contribution in [1.82, 2.24) is 66.9 Å². The van der Waals surface area contributed by atoms with Gasteiger partial charge in [0, 0.05) is 38.3 Å². The van der Waals surface area contributed by atoms with Gasteiger partial charge >= 0.3 is 11.7 Å². The van der Waals surface area contributed by atoms with Gasteiger partial charge in [0.05, 0.1) is 42.3 Å². The van der Waals surface area contributed by atoms with Gasteiger partial charge in [-0.2, -0.15) is 0 Å². The third kappa shape index (κ3) is 20.6. The highest BCUT2D eigenvalue weighted by Gasteiger charge is 2.49. The van der Waals surface area contributed by atoms with Crippen LogP contribution in [0.3, 0.4) is 0 Å². The molecule has 0 spiro atoms. The van der Waals surface area contributed by atoms with Crippen LogP contribution in [-0.2, 0) is 75.4 Å². The maximum atomic E-state index is 15.5. The van der Waals surface area contributed by atoms with Gasteiger partial charge < -0.3 is 60.7 Å². The molecule has 2 unspecified atom stereocenters. The Bertz CT molecular complexity index is 4770. The highest BCUT2D eigenvalue weighted by molar-refractivity contribution is 5.98. The number of H-pyrrole nitrogens is 1. The van der Waals surface area contributed by atoms with Crippen LogP contribution in [0, 0.1) is 22.7 Å². The van der Waals surface area contributed by atoms with Crippen LogP contribution in [0.5, 0.6) is 11.5 Å². The van der Waals surface area contributed by atoms with Crippen LogP contribution >= 0.6 is 0 Å². The fourth-order valence-corrected chi connectivity index (χ4v) is 14.6. The summed E-state index contributed by atoms with van der Waals surface area (Å²) in [5, 5.41) is 47.8. The maximum Gasteiger partial charge on any atom is 0.434 e. The average Bonchev–Trinajstić information content (AvgIpc) is 1.65. The average molecular weight is 1520 g/mol. The largest absolute Gasteiger partial charge is 0.490 e. The van der Waals surface area contributed by atoms with Crippen molar-refractivity contribution in [3.63, 3.8) is 0 Å². The second kappa shape index (κ2) is 35.7. The molecule has 111 heavy (non-hydrogen) atoms. The number of likely N-dealkylation sites (tertiary alicyclic amines) is 2. The van der Waals surface area contributed by atoms with Crippen LogP contribution in [0.1, 0.15) is 133 Å². The van der Waals surface area contributed by atoms with Crippen LogP contribution in [0.15, 0.2) is 161 Å². The van der Waals surface area contributed by atoms with E-state index in [4.69, 9.17) is 13.9 Å². The zero-order valence-corrected chi connectivity index (χ0v) is 64.5. The van der Waals surface area contributed by atoms with Gasteiger partial charge in [-0.05, 0) is 151 Å². The number of carboxylic acids is 1. The second-order valence-corrected chi connectivity index (χ2v) is 31.8. The van der Waals surface area contributed by atoms with E-state index in [0.29, 0.717) is 34.7 Å². The summed E-state index contributed by atoms with van der Waals surface area (Å²) in [5.41, 5.74) is 1.43. The van der Waals surface area contributed by atoms with Crippen molar-refractivity contribution in [2.24, 2.45) is 22.7 Å². The van der Waals surface area contributed by atoms with Crippen molar-refractivity contribution >= 4 is 74.5 Å². The van der Waals surface area contributed by atoms with E-state index in [2.05, 4.69) is 52.4 Å². The summed E-state index contributed by atoms with van der Waals surface area (Å²) < 4.78 is 19.6. The molecule has 0 saturated carbocycles. The zero-order valence-electron chi connectivity index (χ0n) is 64.5. The number of benzene rings is 6. The standard InChI is InChI=1S/C84H101N13O14/c1-49(85-9)74(100)89-72(83(3,4)5)79(104)95-45-55-17-15-16-34-109-64-30-24-51(25-31-64)35-60(78-92-93-82(108)111-78)42-70(98)66(39-53-22-28-56-18-11-13-20-58(56)37-53)88-77(103)69-44-63(47-96(69)80(105)73(84(6,7)8)90-75(101)50(2)86-10)97-46-62(91-94-97)48-110-65-32-26-52(27-33-65)36-61(81(106)107)43-71(99)67(87-76(102)68(95)41-55)40-54-23-29-57-19-12-14-21-59(57)38-54/h11-16,18-33,37-38,46,49-50,55,60-61,63,66-69,72-73,85-86H,17,34-36,39-45,47-48H2,1-10H3,(H,87,102)(H,88,103)(H,89,100)(H,90,101)(H,93,108)(H,106,107)/b16-15+/t49-,50-,55-,60+,61+,63-,66?,67-,68-,69-,72?,73+/m0/s1. The summed E-state index contributed by atoms with van der Waals surface area (Å²) >= 11 is 0. The van der Waals surface area contributed by atoms with Gasteiger partial charge in [-0.3, -0.25) is 43.2 Å². The maximum absolute atomic E-state index is 15.5. The first-order chi connectivity index (χ1) is 53.0. The topological polar surface area (TPSA) is 361 Å². The van der Waals surface area contributed by atoms with Gasteiger partial charge in [0.15, 0.2) is 11.6 Å². The molecule has 2 aromatic heterocycles. The molecular weight excluding hydrogens is 1420 g/mol. The Hall–Kier alpha value is -11.2. The lowest BCUT2D eigenvalue weighted by Gasteiger charge is -2.36. The molecule has 6 aliphatic heterocycles. The fraction of sp³-hybridized carbons (Fsp3) is 0.440. The molecule has 6 aliphatic rings. The van der Waals surface area contributed by atoms with E-state index < -0.39 is 142 Å². The molecular formula is C84H101N13O14. The SMILES string of the molecule is CN[C@@H](C)C(=O)NC(C(=O)N1C[C@H]2C/C=C/COc3ccc(cc3)C[C@@H](c3n[nH]c(=O)o3)CC(=O)C(Cc3ccc4ccccc4c3)NC(=O)[C@@H]3C[C@@H](CN3C(=O)[C@@H](NC(=O)[C@H](C)NC)C(C)(C)C)n3cc(nn3)COc3ccc(cc3)C[C@@H](C(=O)O)CC(=O)[C@H](Cc3ccc4ccccc4c3)NC(=O)[C@@H]1C2)C(C)(C)C. The lowest BCUT2D eigenvalue weighted by Crippen LogP contribution is -2.60. The van der Waals surface area contributed by atoms with Gasteiger partial charge in [0.1, 0.15) is 54.6 Å². The normalized spacial score (nSPS) is 22.2. The van der Waals surface area contributed by atoms with Crippen molar-refractivity contribution in [1.29, 1.82) is 0 Å². The number of fused-ring (bicyclic) bond motifs is 2. The van der Waals surface area contributed by atoms with Crippen molar-refractivity contribution < 1.29 is 62.1 Å². The number of hydrogen-bond donors (Lipinski definition) is 8. The molecule has 8 aromatic rings. The molecule has 8 N–H and O–H groups in total. The summed E-state index contributed by atoms with van der Waals surface area (Å²) in [5.74, 6) is -7.62. The second-order valence-electron chi connectivity index (χ2n) is 31.8. The number of ketones is 2. The molecule has 10 bridgehead atoms. The number of aromatic nitrogens is 5. The van der Waals surface area contributed by atoms with Crippen LogP contribution in [0.2, 0.25) is 0 Å². The summed E-state index contributed by atoms with van der Waals surface area (Å²) in [6.07, 6.45) is 5.38. The van der Waals surface area contributed by atoms with E-state index in [9.17, 15) is 29.1 Å². The first-order valence-corrected chi connectivity index (χ1v) is 37.9. The van der Waals surface area contributed by atoms with Crippen molar-refractivity contribution in [2.75, 3.05) is 33.8 Å². The fourth-order valence-electron chi connectivity index (χ4n) is 14.6. The van der Waals surface area contributed by atoms with E-state index >= 15 is 24.0 Å². The number of carbonyl (C=O) groups is 9. The Labute approximate surface area is 644 Å². The lowest BCUT2D eigenvalue weighted by atomic mass is 9.85. The Morgan fingerprint density at radius 2 is 1.10 bits per heavy atom. The van der Waals surface area contributed by atoms with Crippen LogP contribution in [0.4, 0.5) is 0 Å². The molecule has 27 nitrogen and oxygen atoms in total. The Balaban J connectivity index is 0.919. The van der Waals surface area contributed by atoms with Crippen molar-refractivity contribution in [3.8, 4) is 11.5 Å². The number of carboxylic acid groups (broad SMARTS) is 1. The predicted octanol–water partition coefficient (Wildman–Crippen LogP) is 7.46. The quantitative estimate of drug-likeness (QED) is 0.0490. The molecule has 27 heteroatoms. The number of likely N-dealkylation sites (N-methyl/N-ethyl adjacent to an activating group) is 2. The van der Waals surface area contributed by atoms with Crippen molar-refractivity contribution in [2.45, 2.75) is 180 Å². The third-order valence-electron chi connectivity index (χ3n) is 21.4. The molecule has 6 aromatic carbocycles. The summed E-state index contributed by atoms with van der Waals surface area (Å²) in [6, 6.07) is 31.9. The molecule has 2 fully saturated rings. The van der Waals surface area contributed by atoms with E-state index in [1.807, 2.05) is 151 Å². The van der Waals surface area contributed by atoms with E-state index in [1.165, 1.54) is 9.80 Å². The molecule has 0 radical (unpaired) electrons. The number of allylic oxidation sites excluding steroid dienone is 1. The number of nitrogens with one attached hydrogen (secondary N) is 7. The Morgan fingerprint density at radius 3 is 1.61 bits per heavy atom. The van der Waals surface area contributed by atoms with Crippen molar-refractivity contribution in [3.05, 3.63) is 196 Å². The lowest BCUT2D eigenvalue weighted by molar-refractivity contribution is -0.145. The smallest absolute Gasteiger partial charge is 0.434 e. The summed E-state index contributed by atoms with van der Waals surface area (Å²) in [6.45, 7) is 14.4. The molecule has 0 aliphatic carbocycles. The number of Topliss-reactive ketones (excluding diaryl/α,β-unsaturated/α-hetero) is 2. The Morgan fingerprint density at radius 1 is 0.595 bits per heavy atom.